The van der Waals surface area contributed by atoms with Crippen LogP contribution < -0.4 is 4.90 Å². The molecule has 204 valence electrons. The standard InChI is InChI=1S/C22H27FN8OS6/c1-20-6-2-3-11(9-20)7-14(17(20)23)30(21(33,34)35)16-10-24-19(26-25-16)13-5-4-12(8-15(13)32)18-27-29-31(28-18)22(36,37)38/h4-5,8,10-11,14,17,32-38H,2-3,6-7,9H2,1H3/t11-,14-,17-,20-/m1/s1. The van der Waals surface area contributed by atoms with E-state index in [-0.39, 0.29) is 17.4 Å². The van der Waals surface area contributed by atoms with Crippen LogP contribution in [0.2, 0.25) is 0 Å². The number of alkyl halides is 1. The molecule has 2 heterocycles. The van der Waals surface area contributed by atoms with E-state index in [9.17, 15) is 5.11 Å². The van der Waals surface area contributed by atoms with Crippen LogP contribution in [0, 0.1) is 11.3 Å². The minimum atomic E-state index is -1.30. The van der Waals surface area contributed by atoms with Gasteiger partial charge in [0, 0.05) is 11.0 Å². The number of hydrogen-bond donors (Lipinski definition) is 7. The first-order valence-electron chi connectivity index (χ1n) is 11.9. The van der Waals surface area contributed by atoms with E-state index in [1.54, 1.807) is 17.0 Å². The molecule has 0 radical (unpaired) electrons. The number of rotatable bonds is 6. The Balaban J connectivity index is 1.42. The predicted octanol–water partition coefficient (Wildman–Crippen LogP) is 4.77. The molecule has 2 bridgehead atoms. The molecular formula is C22H27FN8OS6. The van der Waals surface area contributed by atoms with Crippen LogP contribution in [0.1, 0.15) is 39.0 Å². The first-order chi connectivity index (χ1) is 17.8. The summed E-state index contributed by atoms with van der Waals surface area (Å²) in [5.41, 5.74) is 0.436. The van der Waals surface area contributed by atoms with Crippen LogP contribution in [0.3, 0.4) is 0 Å². The van der Waals surface area contributed by atoms with Gasteiger partial charge in [0.05, 0.1) is 17.8 Å². The fraction of sp³-hybridized carbons (Fsp3) is 0.545. The number of phenolic OH excluding ortho intramolecular Hbond substituents is 1. The highest BCUT2D eigenvalue weighted by atomic mass is 32.2. The van der Waals surface area contributed by atoms with E-state index >= 15 is 4.39 Å². The van der Waals surface area contributed by atoms with Gasteiger partial charge < -0.3 is 10.0 Å². The van der Waals surface area contributed by atoms with Crippen LogP contribution >= 0.6 is 75.8 Å². The molecule has 2 saturated carbocycles. The van der Waals surface area contributed by atoms with E-state index in [0.29, 0.717) is 29.3 Å². The normalized spacial score (nSPS) is 25.8. The fourth-order valence-electron chi connectivity index (χ4n) is 5.64. The van der Waals surface area contributed by atoms with Crippen LogP contribution in [0.4, 0.5) is 10.2 Å². The molecule has 1 aromatic carbocycles. The van der Waals surface area contributed by atoms with Crippen molar-refractivity contribution in [3.63, 3.8) is 0 Å². The largest absolute Gasteiger partial charge is 0.507 e. The second kappa shape index (κ2) is 10.4. The summed E-state index contributed by atoms with van der Waals surface area (Å²) < 4.78 is 13.4. The molecule has 16 heteroatoms. The number of thiol groups is 6. The number of fused-ring (bicyclic) bond motifs is 2. The lowest BCUT2D eigenvalue weighted by Gasteiger charge is -2.53. The minimum Gasteiger partial charge on any atom is -0.507 e. The quantitative estimate of drug-likeness (QED) is 0.154. The maximum atomic E-state index is 15.9. The van der Waals surface area contributed by atoms with Gasteiger partial charge in [0.1, 0.15) is 11.9 Å². The zero-order valence-corrected chi connectivity index (χ0v) is 25.5. The third-order valence-electron chi connectivity index (χ3n) is 7.32. The number of phenols is 1. The topological polar surface area (TPSA) is 106 Å². The Morgan fingerprint density at radius 2 is 1.87 bits per heavy atom. The molecular weight excluding hydrogens is 604 g/mol. The number of tetrazole rings is 1. The second-order valence-electron chi connectivity index (χ2n) is 10.2. The molecule has 0 aliphatic heterocycles. The lowest BCUT2D eigenvalue weighted by molar-refractivity contribution is -0.0119. The van der Waals surface area contributed by atoms with Crippen molar-refractivity contribution < 1.29 is 9.50 Å². The molecule has 0 saturated heterocycles. The summed E-state index contributed by atoms with van der Waals surface area (Å²) in [5.74, 6) is 1.04. The Morgan fingerprint density at radius 3 is 2.47 bits per heavy atom. The van der Waals surface area contributed by atoms with Gasteiger partial charge in [-0.1, -0.05) is 25.8 Å². The Kier molecular flexibility index (Phi) is 7.79. The molecule has 0 amide bonds. The zero-order chi connectivity index (χ0) is 27.5. The SMILES string of the molecule is C[C@]12CCC[C@H](C[C@@H](N(c3cnc(-c4ccc(-c5nnn(C(S)(S)S)n5)cc4O)nn3)C(S)(S)S)[C@H]1F)C2. The molecule has 0 spiro atoms. The van der Waals surface area contributed by atoms with Crippen LogP contribution in [0.15, 0.2) is 24.4 Å². The van der Waals surface area contributed by atoms with E-state index < -0.39 is 24.7 Å². The van der Waals surface area contributed by atoms with Crippen LogP contribution in [0.5, 0.6) is 5.75 Å². The Morgan fingerprint density at radius 1 is 1.11 bits per heavy atom. The predicted molar refractivity (Wildman–Crippen MR) is 164 cm³/mol. The van der Waals surface area contributed by atoms with Gasteiger partial charge >= 0.3 is 0 Å². The van der Waals surface area contributed by atoms with Gasteiger partial charge in [-0.15, -0.1) is 101 Å². The van der Waals surface area contributed by atoms with Crippen molar-refractivity contribution in [1.82, 2.24) is 35.4 Å². The zero-order valence-electron chi connectivity index (χ0n) is 20.2. The molecule has 2 aliphatic carbocycles. The van der Waals surface area contributed by atoms with Crippen LogP contribution in [-0.2, 0) is 3.54 Å². The van der Waals surface area contributed by atoms with Crippen molar-refractivity contribution in [1.29, 1.82) is 0 Å². The minimum absolute atomic E-state index is 0.108. The number of hydrogen-bond acceptors (Lipinski definition) is 14. The maximum Gasteiger partial charge on any atom is 0.213 e. The van der Waals surface area contributed by atoms with E-state index in [2.05, 4.69) is 106 Å². The monoisotopic (exact) mass is 630 g/mol. The highest BCUT2D eigenvalue weighted by Gasteiger charge is 2.52. The summed E-state index contributed by atoms with van der Waals surface area (Å²) in [6, 6.07) is 4.25. The van der Waals surface area contributed by atoms with Gasteiger partial charge in [-0.05, 0) is 42.5 Å². The average Bonchev–Trinajstić information content (AvgIpc) is 3.33. The van der Waals surface area contributed by atoms with Crippen molar-refractivity contribution >= 4 is 81.6 Å². The molecule has 4 atom stereocenters. The number of benzene rings is 1. The van der Waals surface area contributed by atoms with Gasteiger partial charge in [-0.25, -0.2) is 9.37 Å². The molecule has 2 fully saturated rings. The number of aromatic nitrogens is 7. The Labute approximate surface area is 252 Å². The lowest BCUT2D eigenvalue weighted by atomic mass is 9.60. The van der Waals surface area contributed by atoms with Gasteiger partial charge in [-0.2, -0.15) is 0 Å². The van der Waals surface area contributed by atoms with Crippen molar-refractivity contribution in [3.8, 4) is 28.5 Å². The van der Waals surface area contributed by atoms with Crippen molar-refractivity contribution in [2.24, 2.45) is 11.3 Å². The highest BCUT2D eigenvalue weighted by molar-refractivity contribution is 8.17. The van der Waals surface area contributed by atoms with Gasteiger partial charge in [0.25, 0.3) is 0 Å². The first-order valence-corrected chi connectivity index (χ1v) is 14.6. The maximum absolute atomic E-state index is 15.9. The fourth-order valence-corrected chi connectivity index (χ4v) is 6.64. The molecule has 9 nitrogen and oxygen atoms in total. The van der Waals surface area contributed by atoms with E-state index in [1.165, 1.54) is 12.3 Å². The second-order valence-corrected chi connectivity index (χ2v) is 16.2. The summed E-state index contributed by atoms with van der Waals surface area (Å²) in [7, 11) is 0. The van der Waals surface area contributed by atoms with E-state index in [0.717, 1.165) is 30.5 Å². The van der Waals surface area contributed by atoms with Crippen LogP contribution in [0.25, 0.3) is 22.8 Å². The molecule has 3 aromatic rings. The molecule has 2 aliphatic rings. The molecule has 5 rings (SSSR count). The summed E-state index contributed by atoms with van der Waals surface area (Å²) >= 11 is 26.1. The third-order valence-corrected chi connectivity index (χ3v) is 8.51. The number of aromatic hydroxyl groups is 1. The summed E-state index contributed by atoms with van der Waals surface area (Å²) in [6.07, 6.45) is 4.86. The van der Waals surface area contributed by atoms with Gasteiger partial charge in [-0.3, -0.25) is 0 Å². The Hall–Kier alpha value is -1.07. The summed E-state index contributed by atoms with van der Waals surface area (Å²) in [5, 5.41) is 31.3. The van der Waals surface area contributed by atoms with Gasteiger partial charge in [0.15, 0.2) is 15.2 Å². The number of anilines is 1. The number of halogens is 1. The van der Waals surface area contributed by atoms with Crippen molar-refractivity contribution in [2.75, 3.05) is 4.90 Å². The van der Waals surface area contributed by atoms with E-state index in [1.807, 2.05) is 6.92 Å². The smallest absolute Gasteiger partial charge is 0.213 e. The molecule has 38 heavy (non-hydrogen) atoms. The lowest BCUT2D eigenvalue weighted by Crippen LogP contribution is -2.58. The summed E-state index contributed by atoms with van der Waals surface area (Å²) in [4.78, 5) is 7.18. The first kappa shape index (κ1) is 28.5. The molecule has 1 N–H and O–H groups in total. The molecule has 0 unspecified atom stereocenters. The van der Waals surface area contributed by atoms with Crippen molar-refractivity contribution in [3.05, 3.63) is 24.4 Å². The average molecular weight is 631 g/mol. The van der Waals surface area contributed by atoms with Crippen molar-refractivity contribution in [2.45, 2.75) is 58.3 Å². The Bertz CT molecular complexity index is 1320. The van der Waals surface area contributed by atoms with Gasteiger partial charge in [0.2, 0.25) is 9.36 Å². The third kappa shape index (κ3) is 5.57. The van der Waals surface area contributed by atoms with Crippen LogP contribution in [-0.4, -0.2) is 56.2 Å². The number of nitrogens with zero attached hydrogens (tertiary/aromatic N) is 8. The highest BCUT2D eigenvalue weighted by Crippen LogP contribution is 2.53. The summed E-state index contributed by atoms with van der Waals surface area (Å²) in [6.45, 7) is 2.02. The molecule has 2 aromatic heterocycles. The van der Waals surface area contributed by atoms with E-state index in [4.69, 9.17) is 0 Å².